The lowest BCUT2D eigenvalue weighted by molar-refractivity contribution is 0.178. The van der Waals surface area contributed by atoms with Crippen LogP contribution in [0.5, 0.6) is 0 Å². The van der Waals surface area contributed by atoms with Gasteiger partial charge in [-0.2, -0.15) is 0 Å². The van der Waals surface area contributed by atoms with Crippen LogP contribution in [0, 0.1) is 18.8 Å². The van der Waals surface area contributed by atoms with Gasteiger partial charge in [0.05, 0.1) is 13.1 Å². The van der Waals surface area contributed by atoms with E-state index in [0.717, 1.165) is 35.6 Å². The Morgan fingerprint density at radius 2 is 1.96 bits per heavy atom. The first-order valence-corrected chi connectivity index (χ1v) is 9.07. The molecule has 0 spiro atoms. The number of nitrogens with zero attached hydrogens (tertiary/aromatic N) is 1. The van der Waals surface area contributed by atoms with Gasteiger partial charge in [0.2, 0.25) is 0 Å². The molecule has 2 aromatic rings. The van der Waals surface area contributed by atoms with Crippen LogP contribution in [-0.4, -0.2) is 23.5 Å². The molecule has 0 atom stereocenters. The van der Waals surface area contributed by atoms with E-state index in [2.05, 4.69) is 17.2 Å². The third kappa shape index (κ3) is 4.68. The van der Waals surface area contributed by atoms with Crippen molar-refractivity contribution in [3.05, 3.63) is 53.5 Å². The summed E-state index contributed by atoms with van der Waals surface area (Å²) in [4.78, 5) is 14.8. The van der Waals surface area contributed by atoms with E-state index in [-0.39, 0.29) is 12.1 Å². The van der Waals surface area contributed by atoms with Gasteiger partial charge in [0, 0.05) is 17.3 Å². The van der Waals surface area contributed by atoms with E-state index in [0.29, 0.717) is 13.1 Å². The molecule has 0 aliphatic heterocycles. The highest BCUT2D eigenvalue weighted by molar-refractivity contribution is 5.89. The molecule has 5 heteroatoms. The molecule has 1 heterocycles. The fourth-order valence-electron chi connectivity index (χ4n) is 3.31. The second-order valence-electron chi connectivity index (χ2n) is 6.59. The maximum Gasteiger partial charge on any atom is 0.322 e. The van der Waals surface area contributed by atoms with E-state index in [1.807, 2.05) is 48.2 Å². The Kier molecular flexibility index (Phi) is 5.98. The van der Waals surface area contributed by atoms with Crippen LogP contribution < -0.4 is 11.1 Å². The topological polar surface area (TPSA) is 71.5 Å². The highest BCUT2D eigenvalue weighted by Crippen LogP contribution is 2.26. The zero-order valence-electron chi connectivity index (χ0n) is 15.1. The number of anilines is 1. The van der Waals surface area contributed by atoms with E-state index in [9.17, 15) is 4.79 Å². The number of hydrogen-bond donors (Lipinski definition) is 2. The number of carbonyl (C=O) groups excluding carboxylic acids is 1. The first-order valence-electron chi connectivity index (χ1n) is 9.07. The minimum atomic E-state index is -0.0910. The SMILES string of the molecule is Cc1ccc(CN(C(=O)Nc2ccc(C#CCN)cc2)C2CCCC2)o1. The molecule has 136 valence electrons. The Bertz CT molecular complexity index is 793. The van der Waals surface area contributed by atoms with Crippen molar-refractivity contribution in [3.63, 3.8) is 0 Å². The van der Waals surface area contributed by atoms with Crippen LogP contribution in [-0.2, 0) is 6.54 Å². The lowest BCUT2D eigenvalue weighted by atomic mass is 10.2. The molecule has 2 amide bonds. The second kappa shape index (κ2) is 8.59. The van der Waals surface area contributed by atoms with Crippen LogP contribution in [0.1, 0.15) is 42.8 Å². The van der Waals surface area contributed by atoms with E-state index in [1.165, 1.54) is 12.8 Å². The molecule has 26 heavy (non-hydrogen) atoms. The van der Waals surface area contributed by atoms with Crippen molar-refractivity contribution in [1.29, 1.82) is 0 Å². The number of rotatable bonds is 4. The summed E-state index contributed by atoms with van der Waals surface area (Å²) in [6, 6.07) is 11.5. The standard InChI is InChI=1S/C21H25N3O2/c1-16-8-13-20(26-16)15-24(19-6-2-3-7-19)21(25)23-18-11-9-17(10-12-18)5-4-14-22/h8-13,19H,2-3,6-7,14-15,22H2,1H3,(H,23,25). The van der Waals surface area contributed by atoms with Crippen molar-refractivity contribution < 1.29 is 9.21 Å². The predicted molar refractivity (Wildman–Crippen MR) is 103 cm³/mol. The van der Waals surface area contributed by atoms with Gasteiger partial charge in [-0.3, -0.25) is 0 Å². The number of carbonyl (C=O) groups is 1. The summed E-state index contributed by atoms with van der Waals surface area (Å²) in [5, 5.41) is 3.00. The molecule has 1 aromatic carbocycles. The van der Waals surface area contributed by atoms with Gasteiger partial charge < -0.3 is 20.4 Å². The van der Waals surface area contributed by atoms with Crippen LogP contribution in [0.2, 0.25) is 0 Å². The summed E-state index contributed by atoms with van der Waals surface area (Å²) in [6.45, 7) is 2.74. The molecular formula is C21H25N3O2. The van der Waals surface area contributed by atoms with Crippen molar-refractivity contribution in [3.8, 4) is 11.8 Å². The molecule has 1 aromatic heterocycles. The first kappa shape index (κ1) is 18.1. The minimum Gasteiger partial charge on any atom is -0.464 e. The minimum absolute atomic E-state index is 0.0910. The summed E-state index contributed by atoms with van der Waals surface area (Å²) < 4.78 is 5.68. The van der Waals surface area contributed by atoms with E-state index in [4.69, 9.17) is 10.2 Å². The third-order valence-electron chi connectivity index (χ3n) is 4.62. The number of urea groups is 1. The van der Waals surface area contributed by atoms with Crippen molar-refractivity contribution in [2.75, 3.05) is 11.9 Å². The van der Waals surface area contributed by atoms with Gasteiger partial charge in [-0.25, -0.2) is 4.79 Å². The molecule has 3 N–H and O–H groups in total. The largest absolute Gasteiger partial charge is 0.464 e. The Hall–Kier alpha value is -2.71. The van der Waals surface area contributed by atoms with Crippen LogP contribution in [0.15, 0.2) is 40.8 Å². The molecular weight excluding hydrogens is 326 g/mol. The number of nitrogens with two attached hydrogens (primary N) is 1. The summed E-state index contributed by atoms with van der Waals surface area (Å²) >= 11 is 0. The lowest BCUT2D eigenvalue weighted by Crippen LogP contribution is -2.41. The van der Waals surface area contributed by atoms with Gasteiger partial charge in [0.1, 0.15) is 11.5 Å². The normalized spacial score (nSPS) is 13.9. The van der Waals surface area contributed by atoms with Crippen LogP contribution in [0.4, 0.5) is 10.5 Å². The average Bonchev–Trinajstić information content (AvgIpc) is 3.30. The highest BCUT2D eigenvalue weighted by Gasteiger charge is 2.27. The maximum absolute atomic E-state index is 12.9. The number of furan rings is 1. The van der Waals surface area contributed by atoms with Crippen LogP contribution >= 0.6 is 0 Å². The van der Waals surface area contributed by atoms with Crippen molar-refractivity contribution >= 4 is 11.7 Å². The van der Waals surface area contributed by atoms with E-state index in [1.54, 1.807) is 0 Å². The smallest absolute Gasteiger partial charge is 0.322 e. The molecule has 1 aliphatic carbocycles. The first-order chi connectivity index (χ1) is 12.7. The quantitative estimate of drug-likeness (QED) is 0.821. The number of aryl methyl sites for hydroxylation is 1. The highest BCUT2D eigenvalue weighted by atomic mass is 16.3. The van der Waals surface area contributed by atoms with E-state index < -0.39 is 0 Å². The number of hydrogen-bond acceptors (Lipinski definition) is 3. The molecule has 0 radical (unpaired) electrons. The molecule has 1 saturated carbocycles. The zero-order valence-corrected chi connectivity index (χ0v) is 15.1. The molecule has 1 fully saturated rings. The van der Waals surface area contributed by atoms with E-state index >= 15 is 0 Å². The van der Waals surface area contributed by atoms with Crippen molar-refractivity contribution in [1.82, 2.24) is 4.90 Å². The van der Waals surface area contributed by atoms with Gasteiger partial charge >= 0.3 is 6.03 Å². The second-order valence-corrected chi connectivity index (χ2v) is 6.59. The Labute approximate surface area is 154 Å². The molecule has 0 saturated heterocycles. The number of amides is 2. The monoisotopic (exact) mass is 351 g/mol. The fourth-order valence-corrected chi connectivity index (χ4v) is 3.31. The lowest BCUT2D eigenvalue weighted by Gasteiger charge is -2.28. The molecule has 3 rings (SSSR count). The van der Waals surface area contributed by atoms with Crippen LogP contribution in [0.3, 0.4) is 0 Å². The predicted octanol–water partition coefficient (Wildman–Crippen LogP) is 3.87. The van der Waals surface area contributed by atoms with Gasteiger partial charge in [0.25, 0.3) is 0 Å². The Balaban J connectivity index is 1.70. The Morgan fingerprint density at radius 3 is 2.58 bits per heavy atom. The van der Waals surface area contributed by atoms with Gasteiger partial charge in [-0.15, -0.1) is 0 Å². The van der Waals surface area contributed by atoms with Gasteiger partial charge in [-0.05, 0) is 56.2 Å². The zero-order chi connectivity index (χ0) is 18.4. The Morgan fingerprint density at radius 1 is 1.23 bits per heavy atom. The maximum atomic E-state index is 12.9. The molecule has 0 bridgehead atoms. The van der Waals surface area contributed by atoms with Crippen molar-refractivity contribution in [2.24, 2.45) is 5.73 Å². The molecule has 0 unspecified atom stereocenters. The third-order valence-corrected chi connectivity index (χ3v) is 4.62. The number of nitrogens with one attached hydrogen (secondary N) is 1. The summed E-state index contributed by atoms with van der Waals surface area (Å²) in [6.07, 6.45) is 4.42. The summed E-state index contributed by atoms with van der Waals surface area (Å²) in [7, 11) is 0. The molecule has 1 aliphatic rings. The fraction of sp³-hybridized carbons (Fsp3) is 0.381. The summed E-state index contributed by atoms with van der Waals surface area (Å²) in [5.74, 6) is 7.48. The summed E-state index contributed by atoms with van der Waals surface area (Å²) in [5.41, 5.74) is 7.02. The van der Waals surface area contributed by atoms with Crippen molar-refractivity contribution in [2.45, 2.75) is 45.2 Å². The number of benzene rings is 1. The van der Waals surface area contributed by atoms with Gasteiger partial charge in [0.15, 0.2) is 0 Å². The van der Waals surface area contributed by atoms with Gasteiger partial charge in [-0.1, -0.05) is 24.7 Å². The van der Waals surface area contributed by atoms with Crippen LogP contribution in [0.25, 0.3) is 0 Å². The molecule has 5 nitrogen and oxygen atoms in total. The average molecular weight is 351 g/mol.